The quantitative estimate of drug-likeness (QED) is 0.762. The van der Waals surface area contributed by atoms with E-state index in [1.807, 2.05) is 0 Å². The standard InChI is InChI=1S/C13H23N5/c1-2-3-9-4-6-10(7-5-9)16-12-8-11(14)17-13(15)18-12/h8-10H,2-7H2,1H3,(H5,14,15,16,17,18). The summed E-state index contributed by atoms with van der Waals surface area (Å²) in [5.74, 6) is 2.31. The Morgan fingerprint density at radius 3 is 2.56 bits per heavy atom. The lowest BCUT2D eigenvalue weighted by Gasteiger charge is -2.29. The molecule has 1 aromatic heterocycles. The van der Waals surface area contributed by atoms with E-state index < -0.39 is 0 Å². The van der Waals surface area contributed by atoms with Gasteiger partial charge in [0.25, 0.3) is 0 Å². The first-order valence-electron chi connectivity index (χ1n) is 6.84. The Kier molecular flexibility index (Phi) is 4.23. The molecule has 0 spiro atoms. The van der Waals surface area contributed by atoms with Crippen LogP contribution in [0.25, 0.3) is 0 Å². The summed E-state index contributed by atoms with van der Waals surface area (Å²) >= 11 is 0. The highest BCUT2D eigenvalue weighted by atomic mass is 15.1. The highest BCUT2D eigenvalue weighted by Crippen LogP contribution is 2.29. The third-order valence-electron chi connectivity index (χ3n) is 3.66. The first kappa shape index (κ1) is 12.9. The highest BCUT2D eigenvalue weighted by molar-refractivity contribution is 5.48. The van der Waals surface area contributed by atoms with Crippen LogP contribution in [-0.4, -0.2) is 16.0 Å². The number of nitrogens with zero attached hydrogens (tertiary/aromatic N) is 2. The zero-order valence-corrected chi connectivity index (χ0v) is 11.0. The fourth-order valence-corrected chi connectivity index (χ4v) is 2.77. The van der Waals surface area contributed by atoms with Crippen LogP contribution in [0.15, 0.2) is 6.07 Å². The summed E-state index contributed by atoms with van der Waals surface area (Å²) in [7, 11) is 0. The van der Waals surface area contributed by atoms with Gasteiger partial charge in [0, 0.05) is 12.1 Å². The van der Waals surface area contributed by atoms with E-state index in [1.54, 1.807) is 6.07 Å². The molecule has 0 saturated heterocycles. The van der Waals surface area contributed by atoms with Crippen molar-refractivity contribution in [2.75, 3.05) is 16.8 Å². The van der Waals surface area contributed by atoms with E-state index in [0.717, 1.165) is 11.7 Å². The van der Waals surface area contributed by atoms with Gasteiger partial charge >= 0.3 is 0 Å². The number of aromatic nitrogens is 2. The number of nitrogens with two attached hydrogens (primary N) is 2. The molecule has 0 atom stereocenters. The maximum Gasteiger partial charge on any atom is 0.223 e. The molecule has 5 nitrogen and oxygen atoms in total. The van der Waals surface area contributed by atoms with Crippen molar-refractivity contribution < 1.29 is 0 Å². The Morgan fingerprint density at radius 2 is 1.94 bits per heavy atom. The molecule has 0 aromatic carbocycles. The van der Waals surface area contributed by atoms with E-state index in [4.69, 9.17) is 11.5 Å². The number of rotatable bonds is 4. The fourth-order valence-electron chi connectivity index (χ4n) is 2.77. The van der Waals surface area contributed by atoms with Gasteiger partial charge in [0.1, 0.15) is 11.6 Å². The van der Waals surface area contributed by atoms with Crippen LogP contribution in [-0.2, 0) is 0 Å². The molecular formula is C13H23N5. The molecule has 5 heteroatoms. The summed E-state index contributed by atoms with van der Waals surface area (Å²) in [6.07, 6.45) is 7.67. The number of hydrogen-bond donors (Lipinski definition) is 3. The molecule has 0 bridgehead atoms. The van der Waals surface area contributed by atoms with Gasteiger partial charge in [0.2, 0.25) is 5.95 Å². The Balaban J connectivity index is 1.87. The van der Waals surface area contributed by atoms with Crippen molar-refractivity contribution in [2.45, 2.75) is 51.5 Å². The second-order valence-electron chi connectivity index (χ2n) is 5.19. The van der Waals surface area contributed by atoms with E-state index in [2.05, 4.69) is 22.2 Å². The monoisotopic (exact) mass is 249 g/mol. The molecule has 2 rings (SSSR count). The maximum absolute atomic E-state index is 5.66. The molecule has 100 valence electrons. The fraction of sp³-hybridized carbons (Fsp3) is 0.692. The van der Waals surface area contributed by atoms with E-state index in [9.17, 15) is 0 Å². The molecular weight excluding hydrogens is 226 g/mol. The normalized spacial score (nSPS) is 23.8. The van der Waals surface area contributed by atoms with E-state index >= 15 is 0 Å². The Morgan fingerprint density at radius 1 is 1.22 bits per heavy atom. The number of anilines is 3. The van der Waals surface area contributed by atoms with Gasteiger partial charge in [-0.15, -0.1) is 0 Å². The summed E-state index contributed by atoms with van der Waals surface area (Å²) in [4.78, 5) is 8.03. The molecule has 18 heavy (non-hydrogen) atoms. The topological polar surface area (TPSA) is 89.8 Å². The molecule has 5 N–H and O–H groups in total. The Bertz CT molecular complexity index is 365. The predicted molar refractivity (Wildman–Crippen MR) is 75.1 cm³/mol. The van der Waals surface area contributed by atoms with Crippen molar-refractivity contribution in [1.82, 2.24) is 9.97 Å². The minimum Gasteiger partial charge on any atom is -0.383 e. The smallest absolute Gasteiger partial charge is 0.223 e. The Hall–Kier alpha value is -1.52. The molecule has 0 unspecified atom stereocenters. The van der Waals surface area contributed by atoms with Crippen LogP contribution in [0.3, 0.4) is 0 Å². The molecule has 0 amide bonds. The Labute approximate surface area is 108 Å². The summed E-state index contributed by atoms with van der Waals surface area (Å²) < 4.78 is 0. The van der Waals surface area contributed by atoms with Crippen LogP contribution < -0.4 is 16.8 Å². The second-order valence-corrected chi connectivity index (χ2v) is 5.19. The second kappa shape index (κ2) is 5.89. The van der Waals surface area contributed by atoms with Crippen molar-refractivity contribution in [3.05, 3.63) is 6.07 Å². The van der Waals surface area contributed by atoms with Gasteiger partial charge in [-0.2, -0.15) is 9.97 Å². The van der Waals surface area contributed by atoms with Gasteiger partial charge in [-0.3, -0.25) is 0 Å². The van der Waals surface area contributed by atoms with Gasteiger partial charge in [-0.05, 0) is 31.6 Å². The highest BCUT2D eigenvalue weighted by Gasteiger charge is 2.20. The summed E-state index contributed by atoms with van der Waals surface area (Å²) in [5.41, 5.74) is 11.2. The van der Waals surface area contributed by atoms with Crippen LogP contribution in [0.4, 0.5) is 17.6 Å². The third kappa shape index (κ3) is 3.48. The van der Waals surface area contributed by atoms with Crippen LogP contribution in [0.2, 0.25) is 0 Å². The first-order chi connectivity index (χ1) is 8.67. The zero-order chi connectivity index (χ0) is 13.0. The molecule has 1 saturated carbocycles. The number of nitrogens with one attached hydrogen (secondary N) is 1. The summed E-state index contributed by atoms with van der Waals surface area (Å²) in [6, 6.07) is 2.24. The summed E-state index contributed by atoms with van der Waals surface area (Å²) in [5, 5.41) is 3.41. The van der Waals surface area contributed by atoms with Crippen LogP contribution in [0, 0.1) is 5.92 Å². The lowest BCUT2D eigenvalue weighted by molar-refractivity contribution is 0.318. The van der Waals surface area contributed by atoms with E-state index in [1.165, 1.54) is 38.5 Å². The maximum atomic E-state index is 5.66. The van der Waals surface area contributed by atoms with Crippen molar-refractivity contribution in [3.63, 3.8) is 0 Å². The molecule has 1 aromatic rings. The van der Waals surface area contributed by atoms with Gasteiger partial charge in [-0.25, -0.2) is 0 Å². The summed E-state index contributed by atoms with van der Waals surface area (Å²) in [6.45, 7) is 2.26. The lowest BCUT2D eigenvalue weighted by Crippen LogP contribution is -2.26. The van der Waals surface area contributed by atoms with Gasteiger partial charge in [-0.1, -0.05) is 19.8 Å². The molecule has 1 aliphatic carbocycles. The van der Waals surface area contributed by atoms with Crippen molar-refractivity contribution in [1.29, 1.82) is 0 Å². The molecule has 1 aliphatic rings. The molecule has 1 fully saturated rings. The van der Waals surface area contributed by atoms with E-state index in [-0.39, 0.29) is 5.95 Å². The number of hydrogen-bond acceptors (Lipinski definition) is 5. The molecule has 0 aliphatic heterocycles. The van der Waals surface area contributed by atoms with Gasteiger partial charge in [0.15, 0.2) is 0 Å². The third-order valence-corrected chi connectivity index (χ3v) is 3.66. The van der Waals surface area contributed by atoms with E-state index in [0.29, 0.717) is 11.9 Å². The average Bonchev–Trinajstić information content (AvgIpc) is 2.31. The number of nitrogen functional groups attached to an aromatic ring is 2. The SMILES string of the molecule is CCCC1CCC(Nc2cc(N)nc(N)n2)CC1. The van der Waals surface area contributed by atoms with Gasteiger partial charge < -0.3 is 16.8 Å². The van der Waals surface area contributed by atoms with Crippen molar-refractivity contribution in [2.24, 2.45) is 5.92 Å². The molecule has 1 heterocycles. The van der Waals surface area contributed by atoms with Gasteiger partial charge in [0.05, 0.1) is 0 Å². The predicted octanol–water partition coefficient (Wildman–Crippen LogP) is 2.41. The average molecular weight is 249 g/mol. The first-order valence-corrected chi connectivity index (χ1v) is 6.84. The van der Waals surface area contributed by atoms with Crippen molar-refractivity contribution >= 4 is 17.6 Å². The lowest BCUT2D eigenvalue weighted by atomic mass is 9.83. The minimum absolute atomic E-state index is 0.233. The largest absolute Gasteiger partial charge is 0.383 e. The zero-order valence-electron chi connectivity index (χ0n) is 11.0. The van der Waals surface area contributed by atoms with Crippen LogP contribution in [0.1, 0.15) is 45.4 Å². The van der Waals surface area contributed by atoms with Crippen LogP contribution in [0.5, 0.6) is 0 Å². The minimum atomic E-state index is 0.233. The van der Waals surface area contributed by atoms with Crippen molar-refractivity contribution in [3.8, 4) is 0 Å². The molecule has 0 radical (unpaired) electrons. The van der Waals surface area contributed by atoms with Crippen LogP contribution >= 0.6 is 0 Å².